The van der Waals surface area contributed by atoms with Crippen LogP contribution in [0, 0.1) is 0 Å². The molecule has 3 rings (SSSR count). The highest BCUT2D eigenvalue weighted by atomic mass is 16.3. The monoisotopic (exact) mass is 290 g/mol. The number of likely N-dealkylation sites (N-methyl/N-ethyl adjacent to an activating group) is 1. The van der Waals surface area contributed by atoms with Crippen molar-refractivity contribution >= 4 is 5.82 Å². The maximum absolute atomic E-state index is 9.54. The number of likely N-dealkylation sites (tertiary alicyclic amines) is 1. The van der Waals surface area contributed by atoms with Gasteiger partial charge < -0.3 is 14.9 Å². The third kappa shape index (κ3) is 3.93. The summed E-state index contributed by atoms with van der Waals surface area (Å²) < 4.78 is 0. The molecule has 2 aliphatic heterocycles. The molecule has 3 heterocycles. The van der Waals surface area contributed by atoms with Crippen molar-refractivity contribution < 1.29 is 5.11 Å². The van der Waals surface area contributed by atoms with E-state index in [-0.39, 0.29) is 6.10 Å². The fourth-order valence-corrected chi connectivity index (χ4v) is 3.07. The van der Waals surface area contributed by atoms with Crippen molar-refractivity contribution in [1.82, 2.24) is 14.8 Å². The second kappa shape index (κ2) is 6.73. The van der Waals surface area contributed by atoms with E-state index in [4.69, 9.17) is 0 Å². The van der Waals surface area contributed by atoms with Crippen LogP contribution in [0.15, 0.2) is 18.3 Å². The summed E-state index contributed by atoms with van der Waals surface area (Å²) in [5.74, 6) is 1.10. The molecule has 5 heteroatoms. The third-order valence-electron chi connectivity index (χ3n) is 4.60. The second-order valence-corrected chi connectivity index (χ2v) is 6.32. The number of hydrogen-bond donors (Lipinski definition) is 1. The largest absolute Gasteiger partial charge is 0.393 e. The Morgan fingerprint density at radius 1 is 1.10 bits per heavy atom. The summed E-state index contributed by atoms with van der Waals surface area (Å²) in [4.78, 5) is 11.8. The number of aromatic nitrogens is 1. The molecule has 1 N–H and O–H groups in total. The van der Waals surface area contributed by atoms with Crippen LogP contribution in [0.3, 0.4) is 0 Å². The van der Waals surface area contributed by atoms with Crippen LogP contribution in [0.25, 0.3) is 0 Å². The topological polar surface area (TPSA) is 42.8 Å². The zero-order chi connectivity index (χ0) is 14.7. The van der Waals surface area contributed by atoms with Crippen LogP contribution in [-0.4, -0.2) is 72.3 Å². The number of aliphatic hydroxyl groups excluding tert-OH is 1. The first kappa shape index (κ1) is 14.8. The summed E-state index contributed by atoms with van der Waals surface area (Å²) >= 11 is 0. The number of piperidine rings is 1. The molecule has 2 fully saturated rings. The number of aliphatic hydroxyl groups is 1. The van der Waals surface area contributed by atoms with Gasteiger partial charge in [0.25, 0.3) is 0 Å². The Bertz CT molecular complexity index is 434. The molecule has 1 aromatic heterocycles. The van der Waals surface area contributed by atoms with Gasteiger partial charge in [0.05, 0.1) is 6.10 Å². The first-order chi connectivity index (χ1) is 10.2. The van der Waals surface area contributed by atoms with E-state index >= 15 is 0 Å². The van der Waals surface area contributed by atoms with Gasteiger partial charge in [0.2, 0.25) is 0 Å². The Labute approximate surface area is 127 Å². The zero-order valence-corrected chi connectivity index (χ0v) is 12.9. The molecular formula is C16H26N4O. The fraction of sp³-hybridized carbons (Fsp3) is 0.688. The fourth-order valence-electron chi connectivity index (χ4n) is 3.07. The zero-order valence-electron chi connectivity index (χ0n) is 12.9. The summed E-state index contributed by atoms with van der Waals surface area (Å²) in [5, 5.41) is 9.54. The van der Waals surface area contributed by atoms with Crippen molar-refractivity contribution in [3.8, 4) is 0 Å². The van der Waals surface area contributed by atoms with Gasteiger partial charge in [-0.1, -0.05) is 6.07 Å². The number of piperazine rings is 1. The summed E-state index contributed by atoms with van der Waals surface area (Å²) in [5.41, 5.74) is 1.27. The van der Waals surface area contributed by atoms with Crippen LogP contribution in [0.4, 0.5) is 5.82 Å². The average Bonchev–Trinajstić information content (AvgIpc) is 2.51. The van der Waals surface area contributed by atoms with E-state index in [1.165, 1.54) is 5.56 Å². The molecule has 0 aliphatic carbocycles. The lowest BCUT2D eigenvalue weighted by Crippen LogP contribution is -2.44. The van der Waals surface area contributed by atoms with Crippen LogP contribution in [0.2, 0.25) is 0 Å². The number of pyridine rings is 1. The van der Waals surface area contributed by atoms with Crippen molar-refractivity contribution in [2.45, 2.75) is 25.5 Å². The Balaban J connectivity index is 1.54. The summed E-state index contributed by atoms with van der Waals surface area (Å²) in [6.07, 6.45) is 3.71. The highest BCUT2D eigenvalue weighted by molar-refractivity contribution is 5.39. The molecular weight excluding hydrogens is 264 g/mol. The number of nitrogens with zero attached hydrogens (tertiary/aromatic N) is 4. The van der Waals surface area contributed by atoms with Crippen molar-refractivity contribution in [2.24, 2.45) is 0 Å². The molecule has 2 saturated heterocycles. The molecule has 21 heavy (non-hydrogen) atoms. The molecule has 0 saturated carbocycles. The maximum atomic E-state index is 9.54. The van der Waals surface area contributed by atoms with Crippen LogP contribution in [0.1, 0.15) is 18.4 Å². The average molecular weight is 290 g/mol. The molecule has 0 radical (unpaired) electrons. The first-order valence-electron chi connectivity index (χ1n) is 7.99. The minimum atomic E-state index is -0.0982. The van der Waals surface area contributed by atoms with E-state index in [2.05, 4.69) is 38.9 Å². The summed E-state index contributed by atoms with van der Waals surface area (Å²) in [7, 11) is 2.17. The molecule has 5 nitrogen and oxygen atoms in total. The molecule has 0 unspecified atom stereocenters. The lowest BCUT2D eigenvalue weighted by atomic mass is 10.1. The van der Waals surface area contributed by atoms with Crippen molar-refractivity contribution in [1.29, 1.82) is 0 Å². The minimum Gasteiger partial charge on any atom is -0.393 e. The molecule has 116 valence electrons. The van der Waals surface area contributed by atoms with Gasteiger partial charge in [0.1, 0.15) is 5.82 Å². The van der Waals surface area contributed by atoms with Crippen molar-refractivity contribution in [3.05, 3.63) is 23.9 Å². The van der Waals surface area contributed by atoms with E-state index in [0.717, 1.165) is 64.5 Å². The summed E-state index contributed by atoms with van der Waals surface area (Å²) in [6.45, 7) is 7.27. The van der Waals surface area contributed by atoms with E-state index in [1.54, 1.807) is 0 Å². The van der Waals surface area contributed by atoms with Crippen LogP contribution < -0.4 is 4.90 Å². The SMILES string of the molecule is CN1CCN(c2ccc(CN3CCC(O)CC3)cn2)CC1. The highest BCUT2D eigenvalue weighted by Gasteiger charge is 2.18. The van der Waals surface area contributed by atoms with E-state index in [9.17, 15) is 5.11 Å². The normalized spacial score (nSPS) is 22.7. The van der Waals surface area contributed by atoms with Gasteiger partial charge in [-0.3, -0.25) is 4.90 Å². The molecule has 0 bridgehead atoms. The predicted molar refractivity (Wildman–Crippen MR) is 84.5 cm³/mol. The second-order valence-electron chi connectivity index (χ2n) is 6.32. The van der Waals surface area contributed by atoms with Gasteiger partial charge in [-0.2, -0.15) is 0 Å². The minimum absolute atomic E-state index is 0.0982. The standard InChI is InChI=1S/C16H26N4O/c1-18-8-10-20(11-9-18)16-3-2-14(12-17-16)13-19-6-4-15(21)5-7-19/h2-3,12,15,21H,4-11,13H2,1H3. The van der Waals surface area contributed by atoms with Crippen LogP contribution >= 0.6 is 0 Å². The van der Waals surface area contributed by atoms with Gasteiger partial charge in [-0.15, -0.1) is 0 Å². The Morgan fingerprint density at radius 3 is 2.43 bits per heavy atom. The van der Waals surface area contributed by atoms with Gasteiger partial charge >= 0.3 is 0 Å². The van der Waals surface area contributed by atoms with Crippen molar-refractivity contribution in [2.75, 3.05) is 51.2 Å². The smallest absolute Gasteiger partial charge is 0.128 e. The first-order valence-corrected chi connectivity index (χ1v) is 7.99. The summed E-state index contributed by atoms with van der Waals surface area (Å²) in [6, 6.07) is 4.35. The van der Waals surface area contributed by atoms with Crippen LogP contribution in [0.5, 0.6) is 0 Å². The molecule has 0 amide bonds. The third-order valence-corrected chi connectivity index (χ3v) is 4.60. The number of anilines is 1. The van der Waals surface area contributed by atoms with Gasteiger partial charge in [-0.05, 0) is 31.5 Å². The van der Waals surface area contributed by atoms with Gasteiger partial charge in [-0.25, -0.2) is 4.98 Å². The molecule has 2 aliphatic rings. The molecule has 0 atom stereocenters. The Morgan fingerprint density at radius 2 is 1.81 bits per heavy atom. The van der Waals surface area contributed by atoms with Gasteiger partial charge in [0.15, 0.2) is 0 Å². The Hall–Kier alpha value is -1.17. The molecule has 1 aromatic rings. The van der Waals surface area contributed by atoms with Gasteiger partial charge in [0, 0.05) is 52.0 Å². The Kier molecular flexibility index (Phi) is 4.73. The molecule has 0 aromatic carbocycles. The number of hydrogen-bond acceptors (Lipinski definition) is 5. The van der Waals surface area contributed by atoms with Crippen LogP contribution in [-0.2, 0) is 6.54 Å². The van der Waals surface area contributed by atoms with Crippen molar-refractivity contribution in [3.63, 3.8) is 0 Å². The van der Waals surface area contributed by atoms with E-state index in [0.29, 0.717) is 0 Å². The lowest BCUT2D eigenvalue weighted by molar-refractivity contribution is 0.0792. The van der Waals surface area contributed by atoms with E-state index < -0.39 is 0 Å². The van der Waals surface area contributed by atoms with E-state index in [1.807, 2.05) is 6.20 Å². The molecule has 0 spiro atoms. The highest BCUT2D eigenvalue weighted by Crippen LogP contribution is 2.16. The quantitative estimate of drug-likeness (QED) is 0.891. The number of rotatable bonds is 3. The predicted octanol–water partition coefficient (Wildman–Crippen LogP) is 0.790. The maximum Gasteiger partial charge on any atom is 0.128 e. The lowest BCUT2D eigenvalue weighted by Gasteiger charge is -2.33.